The molecule has 0 saturated carbocycles. The van der Waals surface area contributed by atoms with Crippen LogP contribution in [0.5, 0.6) is 0 Å². The van der Waals surface area contributed by atoms with Crippen LogP contribution in [-0.4, -0.2) is 24.5 Å². The fourth-order valence-corrected chi connectivity index (χ4v) is 3.42. The van der Waals surface area contributed by atoms with E-state index >= 15 is 0 Å². The lowest BCUT2D eigenvalue weighted by Crippen LogP contribution is -2.22. The van der Waals surface area contributed by atoms with Crippen LogP contribution in [0.4, 0.5) is 0 Å². The Morgan fingerprint density at radius 2 is 1.95 bits per heavy atom. The number of rotatable bonds is 7. The van der Waals surface area contributed by atoms with Gasteiger partial charge in [0.25, 0.3) is 0 Å². The lowest BCUT2D eigenvalue weighted by atomic mass is 9.82. The van der Waals surface area contributed by atoms with Gasteiger partial charge in [-0.3, -0.25) is 14.9 Å². The molecule has 2 aromatic rings. The van der Waals surface area contributed by atoms with Crippen molar-refractivity contribution in [2.75, 3.05) is 13.7 Å². The summed E-state index contributed by atoms with van der Waals surface area (Å²) in [6.07, 6.45) is 0.122. The fourth-order valence-electron chi connectivity index (χ4n) is 2.53. The van der Waals surface area contributed by atoms with Crippen LogP contribution in [-0.2, 0) is 9.53 Å². The zero-order valence-electron chi connectivity index (χ0n) is 12.2. The molecule has 5 nitrogen and oxygen atoms in total. The molecule has 22 heavy (non-hydrogen) atoms. The van der Waals surface area contributed by atoms with Crippen LogP contribution in [0.3, 0.4) is 0 Å². The summed E-state index contributed by atoms with van der Waals surface area (Å²) in [5.74, 6) is -0.993. The van der Waals surface area contributed by atoms with Crippen molar-refractivity contribution in [3.8, 4) is 0 Å². The van der Waals surface area contributed by atoms with E-state index < -0.39 is 0 Å². The normalized spacial score (nSPS) is 13.3. The molecule has 0 bridgehead atoms. The van der Waals surface area contributed by atoms with Crippen molar-refractivity contribution in [1.29, 1.82) is 0 Å². The highest BCUT2D eigenvalue weighted by Gasteiger charge is 2.32. The Bertz CT molecular complexity index is 612. The van der Waals surface area contributed by atoms with Crippen LogP contribution < -0.4 is 0 Å². The number of hydrogen-bond acceptors (Lipinski definition) is 5. The molecule has 1 aromatic carbocycles. The average Bonchev–Trinajstić information content (AvgIpc) is 3.05. The van der Waals surface area contributed by atoms with Crippen molar-refractivity contribution < 1.29 is 14.5 Å². The summed E-state index contributed by atoms with van der Waals surface area (Å²) in [7, 11) is 1.33. The minimum absolute atomic E-state index is 0.122. The number of ether oxygens (including phenoxy) is 1. The van der Waals surface area contributed by atoms with Gasteiger partial charge in [-0.05, 0) is 17.0 Å². The molecule has 0 aliphatic heterocycles. The minimum Gasteiger partial charge on any atom is -0.469 e. The van der Waals surface area contributed by atoms with E-state index in [1.807, 2.05) is 47.8 Å². The summed E-state index contributed by atoms with van der Waals surface area (Å²) in [6, 6.07) is 13.2. The van der Waals surface area contributed by atoms with Gasteiger partial charge in [0, 0.05) is 15.7 Å². The first-order valence-electron chi connectivity index (χ1n) is 6.88. The molecule has 0 unspecified atom stereocenters. The van der Waals surface area contributed by atoms with Crippen LogP contribution in [0.15, 0.2) is 47.8 Å². The van der Waals surface area contributed by atoms with Gasteiger partial charge in [-0.1, -0.05) is 36.4 Å². The molecular formula is C16H17NO4S. The van der Waals surface area contributed by atoms with Gasteiger partial charge < -0.3 is 4.74 Å². The molecule has 0 fully saturated rings. The van der Waals surface area contributed by atoms with Crippen LogP contribution in [0.1, 0.15) is 28.7 Å². The van der Waals surface area contributed by atoms with E-state index in [2.05, 4.69) is 0 Å². The second-order valence-electron chi connectivity index (χ2n) is 4.93. The monoisotopic (exact) mass is 319 g/mol. The summed E-state index contributed by atoms with van der Waals surface area (Å²) < 4.78 is 4.77. The van der Waals surface area contributed by atoms with Crippen molar-refractivity contribution in [2.24, 2.45) is 0 Å². The van der Waals surface area contributed by atoms with Gasteiger partial charge in [-0.15, -0.1) is 11.3 Å². The van der Waals surface area contributed by atoms with E-state index in [9.17, 15) is 14.9 Å². The average molecular weight is 319 g/mol. The molecule has 2 atom stereocenters. The third-order valence-electron chi connectivity index (χ3n) is 3.58. The highest BCUT2D eigenvalue weighted by Crippen LogP contribution is 2.38. The third-order valence-corrected chi connectivity index (χ3v) is 4.59. The van der Waals surface area contributed by atoms with Gasteiger partial charge in [-0.2, -0.15) is 0 Å². The van der Waals surface area contributed by atoms with E-state index in [4.69, 9.17) is 4.74 Å². The number of carbonyl (C=O) groups excluding carboxylic acids is 1. The minimum atomic E-state index is -0.362. The lowest BCUT2D eigenvalue weighted by molar-refractivity contribution is -0.484. The Labute approximate surface area is 132 Å². The molecule has 0 spiro atoms. The van der Waals surface area contributed by atoms with Gasteiger partial charge in [0.2, 0.25) is 6.54 Å². The molecule has 0 aliphatic rings. The van der Waals surface area contributed by atoms with Gasteiger partial charge in [0.15, 0.2) is 0 Å². The maximum Gasteiger partial charge on any atom is 0.306 e. The molecule has 1 heterocycles. The molecule has 0 radical (unpaired) electrons. The smallest absolute Gasteiger partial charge is 0.306 e. The first kappa shape index (κ1) is 16.2. The van der Waals surface area contributed by atoms with E-state index in [0.29, 0.717) is 0 Å². The van der Waals surface area contributed by atoms with E-state index in [1.165, 1.54) is 18.4 Å². The Hall–Kier alpha value is -2.21. The quantitative estimate of drug-likeness (QED) is 0.445. The summed E-state index contributed by atoms with van der Waals surface area (Å²) in [5, 5.41) is 13.0. The molecule has 0 amide bonds. The molecular weight excluding hydrogens is 302 g/mol. The van der Waals surface area contributed by atoms with Gasteiger partial charge in [0.05, 0.1) is 19.4 Å². The van der Waals surface area contributed by atoms with Crippen molar-refractivity contribution in [2.45, 2.75) is 18.3 Å². The van der Waals surface area contributed by atoms with Crippen molar-refractivity contribution in [3.05, 3.63) is 68.4 Å². The van der Waals surface area contributed by atoms with E-state index in [1.54, 1.807) is 0 Å². The summed E-state index contributed by atoms with van der Waals surface area (Å²) in [4.78, 5) is 23.4. The number of methoxy groups -OCH3 is 1. The molecule has 0 N–H and O–H groups in total. The molecule has 0 aliphatic carbocycles. The number of hydrogen-bond donors (Lipinski definition) is 0. The topological polar surface area (TPSA) is 69.4 Å². The SMILES string of the molecule is COC(=O)C[C@@H](c1ccccc1)[C@@H](C[N+](=O)[O-])c1cccs1. The number of nitro groups is 1. The fraction of sp³-hybridized carbons (Fsp3) is 0.312. The Morgan fingerprint density at radius 1 is 1.23 bits per heavy atom. The van der Waals surface area contributed by atoms with Crippen molar-refractivity contribution in [3.63, 3.8) is 0 Å². The number of carbonyl (C=O) groups is 1. The Morgan fingerprint density at radius 3 is 2.50 bits per heavy atom. The van der Waals surface area contributed by atoms with Crippen molar-refractivity contribution >= 4 is 17.3 Å². The zero-order valence-corrected chi connectivity index (χ0v) is 13.0. The largest absolute Gasteiger partial charge is 0.469 e. The number of esters is 1. The van der Waals surface area contributed by atoms with Gasteiger partial charge >= 0.3 is 5.97 Å². The Kier molecular flexibility index (Phi) is 5.66. The highest BCUT2D eigenvalue weighted by molar-refractivity contribution is 7.10. The first-order valence-corrected chi connectivity index (χ1v) is 7.76. The van der Waals surface area contributed by atoms with Crippen LogP contribution >= 0.6 is 11.3 Å². The maximum atomic E-state index is 11.8. The number of thiophene rings is 1. The van der Waals surface area contributed by atoms with Crippen molar-refractivity contribution in [1.82, 2.24) is 0 Å². The van der Waals surface area contributed by atoms with E-state index in [0.717, 1.165) is 10.4 Å². The first-order chi connectivity index (χ1) is 10.6. The van der Waals surface area contributed by atoms with Gasteiger partial charge in [-0.25, -0.2) is 0 Å². The third kappa shape index (κ3) is 4.14. The predicted octanol–water partition coefficient (Wildman–Crippen LogP) is 3.46. The summed E-state index contributed by atoms with van der Waals surface area (Å²) in [6.45, 7) is -0.211. The molecule has 6 heteroatoms. The number of nitrogens with zero attached hydrogens (tertiary/aromatic N) is 1. The summed E-state index contributed by atoms with van der Waals surface area (Å²) >= 11 is 1.47. The standard InChI is InChI=1S/C16H17NO4S/c1-21-16(18)10-13(12-6-3-2-4-7-12)14(11-17(19)20)15-8-5-9-22-15/h2-9,13-14H,10-11H2,1H3/t13-,14+/m0/s1. The van der Waals surface area contributed by atoms with E-state index in [-0.39, 0.29) is 35.7 Å². The number of benzene rings is 1. The second-order valence-corrected chi connectivity index (χ2v) is 5.91. The van der Waals surface area contributed by atoms with Crippen LogP contribution in [0.25, 0.3) is 0 Å². The second kappa shape index (κ2) is 7.70. The maximum absolute atomic E-state index is 11.8. The van der Waals surface area contributed by atoms with Gasteiger partial charge in [0.1, 0.15) is 0 Å². The zero-order chi connectivity index (χ0) is 15.9. The van der Waals surface area contributed by atoms with Crippen LogP contribution in [0.2, 0.25) is 0 Å². The molecule has 116 valence electrons. The molecule has 1 aromatic heterocycles. The molecule has 0 saturated heterocycles. The van der Waals surface area contributed by atoms with Crippen LogP contribution in [0, 0.1) is 10.1 Å². The molecule has 2 rings (SSSR count). The highest BCUT2D eigenvalue weighted by atomic mass is 32.1. The lowest BCUT2D eigenvalue weighted by Gasteiger charge is -2.23. The predicted molar refractivity (Wildman–Crippen MR) is 84.7 cm³/mol. The Balaban J connectivity index is 2.38. The summed E-state index contributed by atoms with van der Waals surface area (Å²) in [5.41, 5.74) is 0.910.